The molecule has 84 valence electrons. The molecule has 0 aromatic heterocycles. The van der Waals surface area contributed by atoms with Gasteiger partial charge in [0, 0.05) is 0 Å². The van der Waals surface area contributed by atoms with Crippen LogP contribution in [0.3, 0.4) is 0 Å². The highest BCUT2D eigenvalue weighted by molar-refractivity contribution is 5.32. The first-order valence-corrected chi connectivity index (χ1v) is 0.988. The maximum atomic E-state index is 8.36. The quantitative estimate of drug-likeness (QED) is 0.572. The van der Waals surface area contributed by atoms with Crippen molar-refractivity contribution < 1.29 is 19.8 Å². The third-order valence-corrected chi connectivity index (χ3v) is 0. The normalized spacial score (nSPS) is 2.00. The highest BCUT2D eigenvalue weighted by atomic mass is 16.3. The predicted molar refractivity (Wildman–Crippen MR) is 57.8 cm³/mol. The maximum Gasteiger partial charge on any atom is 0.290 e. The monoisotopic (exact) mass is 188 g/mol. The Morgan fingerprint density at radius 2 is 0.583 bits per heavy atom. The molecule has 0 aromatic rings. The minimum Gasteiger partial charge on any atom is -0.483 e. The molecule has 12 heavy (non-hydrogen) atoms. The summed E-state index contributed by atoms with van der Waals surface area (Å²) >= 11 is 0. The molecule has 0 spiro atoms. The molecular weight excluding hydrogens is 160 g/mol. The second-order valence-electron chi connectivity index (χ2n) is 0.211. The number of rotatable bonds is 0. The van der Waals surface area contributed by atoms with E-state index in [1.165, 1.54) is 0 Å². The zero-order valence-corrected chi connectivity index (χ0v) is 2.87. The first-order chi connectivity index (χ1) is 2.83. The lowest BCUT2D eigenvalue weighted by Crippen LogP contribution is -1.49. The van der Waals surface area contributed by atoms with Gasteiger partial charge in [-0.3, -0.25) is 9.59 Å². The molecule has 2 N–H and O–H groups in total. The van der Waals surface area contributed by atoms with E-state index in [0.29, 0.717) is 0 Å². The van der Waals surface area contributed by atoms with E-state index in [-0.39, 0.29) is 57.5 Å². The molecule has 4 heteroatoms. The van der Waals surface area contributed by atoms with Gasteiger partial charge in [-0.2, -0.15) is 0 Å². The molecule has 0 rings (SSSR count). The van der Waals surface area contributed by atoms with Crippen LogP contribution in [-0.4, -0.2) is 23.2 Å². The van der Waals surface area contributed by atoms with Crippen molar-refractivity contribution >= 4 is 12.9 Å². The van der Waals surface area contributed by atoms with Crippen LogP contribution in [0.15, 0.2) is 0 Å². The van der Waals surface area contributed by atoms with Crippen molar-refractivity contribution in [1.29, 1.82) is 0 Å². The molecule has 0 aromatic carbocycles. The van der Waals surface area contributed by atoms with Crippen molar-refractivity contribution in [2.45, 2.75) is 44.6 Å². The third kappa shape index (κ3) is 502. The van der Waals surface area contributed by atoms with Crippen molar-refractivity contribution in [2.75, 3.05) is 0 Å². The largest absolute Gasteiger partial charge is 0.483 e. The van der Waals surface area contributed by atoms with Gasteiger partial charge < -0.3 is 10.2 Å². The van der Waals surface area contributed by atoms with Crippen LogP contribution in [0.25, 0.3) is 0 Å². The second kappa shape index (κ2) is 899. The summed E-state index contributed by atoms with van der Waals surface area (Å²) in [5.41, 5.74) is 0. The fourth-order valence-corrected chi connectivity index (χ4v) is 0. The summed E-state index contributed by atoms with van der Waals surface area (Å²) in [6.07, 6.45) is 0. The standard InChI is InChI=1S/2CH2O2.6CH4/c2*2-1-3;;;;;;/h2*1H,(H,2,3);6*1H4. The molecule has 0 aliphatic carbocycles. The van der Waals surface area contributed by atoms with Crippen LogP contribution >= 0.6 is 0 Å². The SMILES string of the molecule is C.C.C.C.C.C.O=CO.O=CO. The molecule has 0 bridgehead atoms. The summed E-state index contributed by atoms with van der Waals surface area (Å²) in [6.45, 7) is -0.500. The highest BCUT2D eigenvalue weighted by Gasteiger charge is 1.22. The molecular formula is C8H28O4. The molecule has 0 amide bonds. The van der Waals surface area contributed by atoms with E-state index in [4.69, 9.17) is 19.8 Å². The maximum absolute atomic E-state index is 8.36. The number of carbonyl (C=O) groups is 2. The Kier molecular flexibility index (Phi) is 9370. The van der Waals surface area contributed by atoms with Gasteiger partial charge in [0.2, 0.25) is 0 Å². The Morgan fingerprint density at radius 3 is 0.583 bits per heavy atom. The molecule has 0 aliphatic rings. The first kappa shape index (κ1) is 125. The van der Waals surface area contributed by atoms with Gasteiger partial charge in [-0.15, -0.1) is 0 Å². The van der Waals surface area contributed by atoms with E-state index >= 15 is 0 Å². The van der Waals surface area contributed by atoms with Gasteiger partial charge in [-0.1, -0.05) is 44.6 Å². The van der Waals surface area contributed by atoms with E-state index < -0.39 is 0 Å². The molecule has 0 aliphatic heterocycles. The van der Waals surface area contributed by atoms with Crippen molar-refractivity contribution in [2.24, 2.45) is 0 Å². The van der Waals surface area contributed by atoms with E-state index in [1.54, 1.807) is 0 Å². The zero-order chi connectivity index (χ0) is 5.41. The molecule has 0 radical (unpaired) electrons. The van der Waals surface area contributed by atoms with Crippen LogP contribution < -0.4 is 0 Å². The topological polar surface area (TPSA) is 74.6 Å². The lowest BCUT2D eigenvalue weighted by atomic mass is 11.7. The second-order valence-corrected chi connectivity index (χ2v) is 0.211. The smallest absolute Gasteiger partial charge is 0.290 e. The van der Waals surface area contributed by atoms with Gasteiger partial charge >= 0.3 is 0 Å². The van der Waals surface area contributed by atoms with Crippen molar-refractivity contribution in [3.8, 4) is 0 Å². The molecule has 0 atom stereocenters. The lowest BCUT2D eigenvalue weighted by Gasteiger charge is -1.34. The van der Waals surface area contributed by atoms with Gasteiger partial charge in [-0.05, 0) is 0 Å². The fraction of sp³-hybridized carbons (Fsp3) is 0.750. The van der Waals surface area contributed by atoms with E-state index in [0.717, 1.165) is 0 Å². The molecule has 0 unspecified atom stereocenters. The highest BCUT2D eigenvalue weighted by Crippen LogP contribution is 0.969. The third-order valence-electron chi connectivity index (χ3n) is 0. The average Bonchev–Trinajstić information content (AvgIpc) is 1.39. The number of hydrogen-bond acceptors (Lipinski definition) is 2. The molecule has 0 heterocycles. The summed E-state index contributed by atoms with van der Waals surface area (Å²) < 4.78 is 0. The number of carboxylic acid groups (broad SMARTS) is 2. The van der Waals surface area contributed by atoms with Crippen LogP contribution in [0.2, 0.25) is 0 Å². The minimum atomic E-state index is -0.250. The van der Waals surface area contributed by atoms with Gasteiger partial charge in [0.1, 0.15) is 0 Å². The van der Waals surface area contributed by atoms with Crippen LogP contribution in [0.4, 0.5) is 0 Å². The van der Waals surface area contributed by atoms with E-state index in [9.17, 15) is 0 Å². The van der Waals surface area contributed by atoms with E-state index in [2.05, 4.69) is 0 Å². The summed E-state index contributed by atoms with van der Waals surface area (Å²) in [5.74, 6) is 0. The van der Waals surface area contributed by atoms with Crippen molar-refractivity contribution in [3.05, 3.63) is 0 Å². The fourth-order valence-electron chi connectivity index (χ4n) is 0. The van der Waals surface area contributed by atoms with Crippen LogP contribution in [-0.2, 0) is 9.59 Å². The van der Waals surface area contributed by atoms with Crippen LogP contribution in [0.1, 0.15) is 44.6 Å². The predicted octanol–water partition coefficient (Wildman–Crippen LogP) is 3.22. The van der Waals surface area contributed by atoms with Crippen LogP contribution in [0.5, 0.6) is 0 Å². The van der Waals surface area contributed by atoms with Gasteiger partial charge in [0.15, 0.2) is 0 Å². The lowest BCUT2D eigenvalue weighted by molar-refractivity contribution is -0.123. The van der Waals surface area contributed by atoms with Gasteiger partial charge in [0.05, 0.1) is 0 Å². The molecule has 0 saturated heterocycles. The van der Waals surface area contributed by atoms with Gasteiger partial charge in [-0.25, -0.2) is 0 Å². The van der Waals surface area contributed by atoms with Gasteiger partial charge in [0.25, 0.3) is 12.9 Å². The molecule has 0 saturated carbocycles. The Labute approximate surface area is 78.2 Å². The van der Waals surface area contributed by atoms with E-state index in [1.807, 2.05) is 0 Å². The zero-order valence-electron chi connectivity index (χ0n) is 2.87. The minimum absolute atomic E-state index is 0. The van der Waals surface area contributed by atoms with Crippen molar-refractivity contribution in [3.63, 3.8) is 0 Å². The Balaban J connectivity index is -0.00000000296. The summed E-state index contributed by atoms with van der Waals surface area (Å²) in [6, 6.07) is 0. The Bertz CT molecular complexity index is 32.0. The molecule has 4 nitrogen and oxygen atoms in total. The summed E-state index contributed by atoms with van der Waals surface area (Å²) in [7, 11) is 0. The Hall–Kier alpha value is -1.06. The van der Waals surface area contributed by atoms with Crippen LogP contribution in [0, 0.1) is 0 Å². The summed E-state index contributed by atoms with van der Waals surface area (Å²) in [4.78, 5) is 16.7. The molecule has 0 fully saturated rings. The van der Waals surface area contributed by atoms with Crippen molar-refractivity contribution in [1.82, 2.24) is 0 Å². The Morgan fingerprint density at radius 1 is 0.583 bits per heavy atom. The average molecular weight is 188 g/mol. The first-order valence-electron chi connectivity index (χ1n) is 0.988. The number of hydrogen-bond donors (Lipinski definition) is 2. The summed E-state index contributed by atoms with van der Waals surface area (Å²) in [5, 5.41) is 13.8.